The Kier molecular flexibility index (Phi) is 3.44. The van der Waals surface area contributed by atoms with E-state index in [-0.39, 0.29) is 0 Å². The van der Waals surface area contributed by atoms with Crippen molar-refractivity contribution in [3.8, 4) is 0 Å². The zero-order chi connectivity index (χ0) is 11.8. The minimum atomic E-state index is -2.18. The molecule has 7 nitrogen and oxygen atoms in total. The molecule has 0 aromatic carbocycles. The van der Waals surface area contributed by atoms with E-state index in [0.29, 0.717) is 0 Å². The van der Waals surface area contributed by atoms with Crippen molar-refractivity contribution >= 4 is 5.78 Å². The van der Waals surface area contributed by atoms with Gasteiger partial charge in [0.2, 0.25) is 6.29 Å². The molecule has 0 aromatic heterocycles. The van der Waals surface area contributed by atoms with Crippen LogP contribution in [-0.4, -0.2) is 57.9 Å². The number of ether oxygens (including phenoxy) is 1. The van der Waals surface area contributed by atoms with E-state index in [9.17, 15) is 20.1 Å². The van der Waals surface area contributed by atoms with E-state index in [4.69, 9.17) is 10.8 Å². The van der Waals surface area contributed by atoms with Crippen LogP contribution in [0.25, 0.3) is 0 Å². The maximum atomic E-state index is 11.4. The summed E-state index contributed by atoms with van der Waals surface area (Å²) < 4.78 is 4.63. The summed E-state index contributed by atoms with van der Waals surface area (Å²) in [5.41, 5.74) is 3.24. The first-order valence-corrected chi connectivity index (χ1v) is 4.43. The van der Waals surface area contributed by atoms with Gasteiger partial charge in [0.05, 0.1) is 6.61 Å². The molecule has 0 aliphatic carbocycles. The van der Waals surface area contributed by atoms with E-state index < -0.39 is 42.5 Å². The van der Waals surface area contributed by atoms with Crippen LogP contribution < -0.4 is 5.73 Å². The Labute approximate surface area is 86.1 Å². The molecule has 1 rings (SSSR count). The number of aliphatic hydroxyl groups is 3. The average molecular weight is 220 g/mol. The molecular weight excluding hydrogens is 206 g/mol. The highest BCUT2D eigenvalue weighted by atomic mass is 16.6. The van der Waals surface area contributed by atoms with Crippen molar-refractivity contribution in [1.82, 2.24) is 0 Å². The maximum absolute atomic E-state index is 11.4. The first kappa shape index (κ1) is 12.5. The third-order valence-corrected chi connectivity index (χ3v) is 2.67. The van der Waals surface area contributed by atoms with Crippen molar-refractivity contribution in [3.05, 3.63) is 0 Å². The number of nitrogens with two attached hydrogens (primary N) is 1. The van der Waals surface area contributed by atoms with E-state index in [1.807, 2.05) is 0 Å². The van der Waals surface area contributed by atoms with Gasteiger partial charge < -0.3 is 25.8 Å². The highest BCUT2D eigenvalue weighted by Gasteiger charge is 2.56. The van der Waals surface area contributed by atoms with Gasteiger partial charge in [-0.3, -0.25) is 4.79 Å². The topological polar surface area (TPSA) is 133 Å². The zero-order valence-electron chi connectivity index (χ0n) is 8.16. The maximum Gasteiger partial charge on any atom is 0.219 e. The molecule has 1 heterocycles. The van der Waals surface area contributed by atoms with Crippen LogP contribution >= 0.6 is 0 Å². The van der Waals surface area contributed by atoms with Crippen LogP contribution in [0.15, 0.2) is 0 Å². The zero-order valence-corrected chi connectivity index (χ0v) is 8.16. The Balaban J connectivity index is 2.98. The number of Topliss-reactive ketones (excluding diaryl/α,β-unsaturated/α-hetero) is 1. The van der Waals surface area contributed by atoms with Crippen LogP contribution in [0, 0.1) is 0 Å². The molecule has 15 heavy (non-hydrogen) atoms. The number of carbonyl (C=O) groups is 1. The minimum absolute atomic E-state index is 0.634. The van der Waals surface area contributed by atoms with Crippen LogP contribution in [0.3, 0.4) is 0 Å². The van der Waals surface area contributed by atoms with Gasteiger partial charge >= 0.3 is 0 Å². The first-order valence-electron chi connectivity index (χ1n) is 4.43. The monoisotopic (exact) mass is 220 g/mol. The molecule has 7 heteroatoms. The lowest BCUT2D eigenvalue weighted by Crippen LogP contribution is -2.73. The Hall–Kier alpha value is -0.570. The second-order valence-electron chi connectivity index (χ2n) is 3.61. The Morgan fingerprint density at radius 2 is 2.07 bits per heavy atom. The third kappa shape index (κ3) is 1.78. The molecule has 0 saturated carbocycles. The predicted octanol–water partition coefficient (Wildman–Crippen LogP) is -2.86. The summed E-state index contributed by atoms with van der Waals surface area (Å²) in [6.45, 7) is 0.397. The predicted molar refractivity (Wildman–Crippen MR) is 46.0 cm³/mol. The third-order valence-electron chi connectivity index (χ3n) is 2.67. The van der Waals surface area contributed by atoms with Crippen LogP contribution in [0.5, 0.6) is 0 Å². The smallest absolute Gasteiger partial charge is 0.219 e. The number of aliphatic hydroxyl groups excluding tert-OH is 3. The molecule has 0 amide bonds. The van der Waals surface area contributed by atoms with E-state index in [1.165, 1.54) is 0 Å². The molecule has 0 aromatic rings. The SMILES string of the molecule is CC(=O)[C@]1(N)C([O])O[C@H](CO)[C@H](O)[C@@H]1O. The number of hydrogen-bond donors (Lipinski definition) is 4. The summed E-state index contributed by atoms with van der Waals surface area (Å²) in [5, 5.41) is 39.1. The van der Waals surface area contributed by atoms with Crippen molar-refractivity contribution < 1.29 is 30.0 Å². The lowest BCUT2D eigenvalue weighted by Gasteiger charge is -2.44. The molecule has 0 spiro atoms. The molecule has 87 valence electrons. The van der Waals surface area contributed by atoms with Crippen molar-refractivity contribution in [3.63, 3.8) is 0 Å². The number of rotatable bonds is 2. The van der Waals surface area contributed by atoms with Crippen molar-refractivity contribution in [1.29, 1.82) is 0 Å². The number of hydrogen-bond acceptors (Lipinski definition) is 6. The lowest BCUT2D eigenvalue weighted by molar-refractivity contribution is -0.288. The second-order valence-corrected chi connectivity index (χ2v) is 3.61. The van der Waals surface area contributed by atoms with Gasteiger partial charge in [0, 0.05) is 0 Å². The van der Waals surface area contributed by atoms with Gasteiger partial charge in [-0.2, -0.15) is 5.11 Å². The molecule has 1 radical (unpaired) electrons. The van der Waals surface area contributed by atoms with Gasteiger partial charge in [-0.25, -0.2) is 0 Å². The van der Waals surface area contributed by atoms with Crippen LogP contribution in [0.2, 0.25) is 0 Å². The molecule has 5 N–H and O–H groups in total. The summed E-state index contributed by atoms with van der Waals surface area (Å²) in [5.74, 6) is -0.773. The molecule has 5 atom stereocenters. The minimum Gasteiger partial charge on any atom is -0.394 e. The van der Waals surface area contributed by atoms with Crippen molar-refractivity contribution in [2.45, 2.75) is 37.1 Å². The molecule has 1 aliphatic heterocycles. The fraction of sp³-hybridized carbons (Fsp3) is 0.875. The summed E-state index contributed by atoms with van der Waals surface area (Å²) in [6, 6.07) is 0. The van der Waals surface area contributed by atoms with Gasteiger partial charge in [0.1, 0.15) is 18.3 Å². The van der Waals surface area contributed by atoms with E-state index in [1.54, 1.807) is 0 Å². The van der Waals surface area contributed by atoms with E-state index in [2.05, 4.69) is 4.74 Å². The normalized spacial score (nSPS) is 46.5. The van der Waals surface area contributed by atoms with Gasteiger partial charge in [0.15, 0.2) is 11.3 Å². The first-order chi connectivity index (χ1) is 6.85. The van der Waals surface area contributed by atoms with Gasteiger partial charge in [-0.1, -0.05) is 0 Å². The second kappa shape index (κ2) is 4.12. The number of carbonyl (C=O) groups excluding carboxylic acids is 1. The van der Waals surface area contributed by atoms with E-state index >= 15 is 0 Å². The van der Waals surface area contributed by atoms with Crippen LogP contribution in [0.4, 0.5) is 0 Å². The van der Waals surface area contributed by atoms with Crippen molar-refractivity contribution in [2.24, 2.45) is 5.73 Å². The average Bonchev–Trinajstić information content (AvgIpc) is 2.20. The Morgan fingerprint density at radius 3 is 2.47 bits per heavy atom. The summed E-state index contributed by atoms with van der Waals surface area (Å²) in [4.78, 5) is 11.1. The lowest BCUT2D eigenvalue weighted by atomic mass is 9.81. The van der Waals surface area contributed by atoms with Gasteiger partial charge in [-0.15, -0.1) is 0 Å². The molecule has 1 unspecified atom stereocenters. The van der Waals surface area contributed by atoms with Gasteiger partial charge in [0.25, 0.3) is 0 Å². The van der Waals surface area contributed by atoms with Gasteiger partial charge in [-0.05, 0) is 6.92 Å². The molecule has 1 fully saturated rings. The number of ketones is 1. The highest BCUT2D eigenvalue weighted by Crippen LogP contribution is 2.27. The van der Waals surface area contributed by atoms with Crippen molar-refractivity contribution in [2.75, 3.05) is 6.61 Å². The summed E-state index contributed by atoms with van der Waals surface area (Å²) in [7, 11) is 0. The Bertz CT molecular complexity index is 260. The Morgan fingerprint density at radius 1 is 1.53 bits per heavy atom. The fourth-order valence-corrected chi connectivity index (χ4v) is 1.50. The quantitative estimate of drug-likeness (QED) is 0.395. The largest absolute Gasteiger partial charge is 0.394 e. The highest BCUT2D eigenvalue weighted by molar-refractivity contribution is 5.87. The fourth-order valence-electron chi connectivity index (χ4n) is 1.50. The molecule has 0 bridgehead atoms. The summed E-state index contributed by atoms with van der Waals surface area (Å²) in [6.07, 6.45) is -6.54. The molecular formula is C8H14NO6. The van der Waals surface area contributed by atoms with E-state index in [0.717, 1.165) is 6.92 Å². The molecule has 1 aliphatic rings. The standard InChI is InChI=1S/C8H14NO6/c1-3(11)8(9)6(13)5(12)4(2-10)15-7(8)14/h4-7,10,12-13H,2,9H2,1H3/t4-,5+,6+,7?,8-/m1/s1. The van der Waals surface area contributed by atoms with Crippen LogP contribution in [-0.2, 0) is 14.6 Å². The molecule has 1 saturated heterocycles. The van der Waals surface area contributed by atoms with Crippen LogP contribution in [0.1, 0.15) is 6.92 Å². The summed E-state index contributed by atoms with van der Waals surface area (Å²) >= 11 is 0.